The number of carbonyl (C=O) groups excluding carboxylic acids is 1. The van der Waals surface area contributed by atoms with Gasteiger partial charge in [-0.05, 0) is 34.5 Å². The van der Waals surface area contributed by atoms with Crippen molar-refractivity contribution >= 4 is 17.2 Å². The van der Waals surface area contributed by atoms with E-state index in [2.05, 4.69) is 10.3 Å². The molecule has 1 unspecified atom stereocenters. The molecule has 0 aliphatic heterocycles. The van der Waals surface area contributed by atoms with E-state index in [0.29, 0.717) is 0 Å². The molecule has 2 rings (SSSR count). The second-order valence-corrected chi connectivity index (χ2v) is 4.40. The second kappa shape index (κ2) is 5.70. The van der Waals surface area contributed by atoms with Crippen LogP contribution in [0.4, 0.5) is 4.39 Å². The zero-order valence-corrected chi connectivity index (χ0v) is 10.2. The average Bonchev–Trinajstić information content (AvgIpc) is 2.90. The Morgan fingerprint density at radius 1 is 1.56 bits per heavy atom. The molecule has 4 nitrogen and oxygen atoms in total. The van der Waals surface area contributed by atoms with Gasteiger partial charge in [-0.15, -0.1) is 0 Å². The Bertz CT molecular complexity index is 531. The lowest BCUT2D eigenvalue weighted by atomic mass is 10.2. The van der Waals surface area contributed by atoms with Crippen LogP contribution >= 0.6 is 11.3 Å². The van der Waals surface area contributed by atoms with Crippen molar-refractivity contribution in [3.8, 4) is 0 Å². The summed E-state index contributed by atoms with van der Waals surface area (Å²) in [7, 11) is 0. The minimum atomic E-state index is -0.819. The summed E-state index contributed by atoms with van der Waals surface area (Å²) in [5, 5.41) is 15.8. The normalized spacial score (nSPS) is 12.1. The summed E-state index contributed by atoms with van der Waals surface area (Å²) in [4.78, 5) is 15.0. The van der Waals surface area contributed by atoms with Crippen molar-refractivity contribution in [3.63, 3.8) is 0 Å². The maximum atomic E-state index is 13.2. The van der Waals surface area contributed by atoms with Crippen molar-refractivity contribution < 1.29 is 14.3 Å². The molecule has 0 saturated carbocycles. The fraction of sp³-hybridized carbons (Fsp3) is 0.167. The van der Waals surface area contributed by atoms with Crippen LogP contribution in [0.2, 0.25) is 0 Å². The van der Waals surface area contributed by atoms with Gasteiger partial charge < -0.3 is 10.4 Å². The van der Waals surface area contributed by atoms with Gasteiger partial charge in [-0.1, -0.05) is 0 Å². The van der Waals surface area contributed by atoms with E-state index in [1.165, 1.54) is 29.7 Å². The summed E-state index contributed by atoms with van der Waals surface area (Å²) in [5.74, 6) is -1.41. The van der Waals surface area contributed by atoms with E-state index in [1.807, 2.05) is 5.38 Å². The van der Waals surface area contributed by atoms with Crippen molar-refractivity contribution in [3.05, 3.63) is 52.2 Å². The summed E-state index contributed by atoms with van der Waals surface area (Å²) in [6.07, 6.45) is 0.478. The molecular formula is C12H11FN2O2S. The number of nitrogens with zero attached hydrogens (tertiary/aromatic N) is 1. The highest BCUT2D eigenvalue weighted by molar-refractivity contribution is 7.07. The molecule has 2 heterocycles. The Hall–Kier alpha value is -1.79. The SMILES string of the molecule is O=C(NCC(O)c1ccsc1)c1cccnc1F. The van der Waals surface area contributed by atoms with Gasteiger partial charge in [0, 0.05) is 12.7 Å². The van der Waals surface area contributed by atoms with Crippen LogP contribution in [0.15, 0.2) is 35.2 Å². The first-order valence-corrected chi connectivity index (χ1v) is 6.21. The van der Waals surface area contributed by atoms with Gasteiger partial charge in [0.15, 0.2) is 0 Å². The maximum absolute atomic E-state index is 13.2. The minimum Gasteiger partial charge on any atom is -0.387 e. The lowest BCUT2D eigenvalue weighted by Crippen LogP contribution is -2.29. The van der Waals surface area contributed by atoms with Gasteiger partial charge in [-0.3, -0.25) is 4.79 Å². The van der Waals surface area contributed by atoms with E-state index in [-0.39, 0.29) is 12.1 Å². The Morgan fingerprint density at radius 2 is 2.39 bits per heavy atom. The monoisotopic (exact) mass is 266 g/mol. The number of hydrogen-bond acceptors (Lipinski definition) is 4. The fourth-order valence-corrected chi connectivity index (χ4v) is 2.13. The van der Waals surface area contributed by atoms with Crippen molar-refractivity contribution in [2.24, 2.45) is 0 Å². The van der Waals surface area contributed by atoms with Crippen LogP contribution in [0, 0.1) is 5.95 Å². The van der Waals surface area contributed by atoms with Crippen LogP contribution in [0.1, 0.15) is 22.0 Å². The number of thiophene rings is 1. The highest BCUT2D eigenvalue weighted by atomic mass is 32.1. The third kappa shape index (κ3) is 2.91. The Labute approximate surface area is 107 Å². The molecular weight excluding hydrogens is 255 g/mol. The molecule has 94 valence electrons. The number of aliphatic hydroxyl groups is 1. The quantitative estimate of drug-likeness (QED) is 0.829. The van der Waals surface area contributed by atoms with E-state index >= 15 is 0 Å². The molecule has 0 spiro atoms. The van der Waals surface area contributed by atoms with Crippen molar-refractivity contribution in [2.45, 2.75) is 6.10 Å². The molecule has 0 aliphatic rings. The summed E-state index contributed by atoms with van der Waals surface area (Å²) in [5.41, 5.74) is 0.599. The number of aliphatic hydroxyl groups excluding tert-OH is 1. The molecule has 6 heteroatoms. The molecule has 0 radical (unpaired) electrons. The number of rotatable bonds is 4. The fourth-order valence-electron chi connectivity index (χ4n) is 1.42. The van der Waals surface area contributed by atoms with Gasteiger partial charge in [0.05, 0.1) is 11.7 Å². The summed E-state index contributed by atoms with van der Waals surface area (Å²) in [6.45, 7) is 0.0316. The minimum absolute atomic E-state index is 0.0316. The van der Waals surface area contributed by atoms with Gasteiger partial charge in [0.2, 0.25) is 5.95 Å². The van der Waals surface area contributed by atoms with Crippen LogP contribution < -0.4 is 5.32 Å². The first-order chi connectivity index (χ1) is 8.68. The van der Waals surface area contributed by atoms with Crippen LogP contribution in [-0.2, 0) is 0 Å². The third-order valence-electron chi connectivity index (χ3n) is 2.39. The van der Waals surface area contributed by atoms with E-state index < -0.39 is 18.0 Å². The predicted octanol–water partition coefficient (Wildman–Crippen LogP) is 1.75. The highest BCUT2D eigenvalue weighted by Crippen LogP contribution is 2.15. The van der Waals surface area contributed by atoms with Gasteiger partial charge >= 0.3 is 0 Å². The van der Waals surface area contributed by atoms with E-state index in [9.17, 15) is 14.3 Å². The highest BCUT2D eigenvalue weighted by Gasteiger charge is 2.14. The molecule has 1 atom stereocenters. The number of hydrogen-bond donors (Lipinski definition) is 2. The zero-order valence-electron chi connectivity index (χ0n) is 9.34. The van der Waals surface area contributed by atoms with E-state index in [4.69, 9.17) is 0 Å². The molecule has 2 aromatic rings. The first-order valence-electron chi connectivity index (χ1n) is 5.27. The van der Waals surface area contributed by atoms with Crippen molar-refractivity contribution in [2.75, 3.05) is 6.54 Å². The molecule has 0 bridgehead atoms. The molecule has 18 heavy (non-hydrogen) atoms. The van der Waals surface area contributed by atoms with Crippen LogP contribution in [-0.4, -0.2) is 22.5 Å². The topological polar surface area (TPSA) is 62.2 Å². The standard InChI is InChI=1S/C12H11FN2O2S/c13-11-9(2-1-4-14-11)12(17)15-6-10(16)8-3-5-18-7-8/h1-5,7,10,16H,6H2,(H,15,17). The predicted molar refractivity (Wildman–Crippen MR) is 65.8 cm³/mol. The Balaban J connectivity index is 1.95. The Kier molecular flexibility index (Phi) is 4.01. The molecule has 0 fully saturated rings. The van der Waals surface area contributed by atoms with Gasteiger partial charge in [-0.25, -0.2) is 4.98 Å². The molecule has 2 N–H and O–H groups in total. The lowest BCUT2D eigenvalue weighted by molar-refractivity contribution is 0.0911. The summed E-state index contributed by atoms with van der Waals surface area (Å²) >= 11 is 1.46. The third-order valence-corrected chi connectivity index (χ3v) is 3.09. The van der Waals surface area contributed by atoms with Crippen LogP contribution in [0.25, 0.3) is 0 Å². The number of amides is 1. The van der Waals surface area contributed by atoms with Gasteiger partial charge in [0.25, 0.3) is 5.91 Å². The zero-order chi connectivity index (χ0) is 13.0. The molecule has 2 aromatic heterocycles. The number of halogens is 1. The van der Waals surface area contributed by atoms with E-state index in [0.717, 1.165) is 5.56 Å². The second-order valence-electron chi connectivity index (χ2n) is 3.62. The smallest absolute Gasteiger partial charge is 0.256 e. The molecule has 1 amide bonds. The number of nitrogens with one attached hydrogen (secondary N) is 1. The molecule has 0 saturated heterocycles. The van der Waals surface area contributed by atoms with Crippen molar-refractivity contribution in [1.29, 1.82) is 0 Å². The summed E-state index contributed by atoms with van der Waals surface area (Å²) in [6, 6.07) is 4.59. The Morgan fingerprint density at radius 3 is 3.06 bits per heavy atom. The van der Waals surface area contributed by atoms with Crippen LogP contribution in [0.3, 0.4) is 0 Å². The number of carbonyl (C=O) groups is 1. The maximum Gasteiger partial charge on any atom is 0.256 e. The lowest BCUT2D eigenvalue weighted by Gasteiger charge is -2.10. The first kappa shape index (κ1) is 12.7. The average molecular weight is 266 g/mol. The number of pyridine rings is 1. The molecule has 0 aromatic carbocycles. The summed E-state index contributed by atoms with van der Waals surface area (Å²) < 4.78 is 13.2. The molecule has 0 aliphatic carbocycles. The number of aromatic nitrogens is 1. The van der Waals surface area contributed by atoms with E-state index in [1.54, 1.807) is 11.4 Å². The van der Waals surface area contributed by atoms with Crippen molar-refractivity contribution in [1.82, 2.24) is 10.3 Å². The largest absolute Gasteiger partial charge is 0.387 e. The van der Waals surface area contributed by atoms with Gasteiger partial charge in [0.1, 0.15) is 0 Å². The van der Waals surface area contributed by atoms with Crippen LogP contribution in [0.5, 0.6) is 0 Å². The van der Waals surface area contributed by atoms with Gasteiger partial charge in [-0.2, -0.15) is 15.7 Å².